The maximum absolute atomic E-state index is 13.5. The van der Waals surface area contributed by atoms with Crippen LogP contribution in [0.1, 0.15) is 31.2 Å². The molecular weight excluding hydrogens is 410 g/mol. The lowest BCUT2D eigenvalue weighted by Crippen LogP contribution is -2.48. The van der Waals surface area contributed by atoms with Crippen molar-refractivity contribution in [1.82, 2.24) is 9.21 Å². The Morgan fingerprint density at radius 2 is 1.61 bits per heavy atom. The number of nitrogens with zero attached hydrogens (tertiary/aromatic N) is 2. The minimum atomic E-state index is -3.58. The van der Waals surface area contributed by atoms with Gasteiger partial charge in [0.05, 0.1) is 4.90 Å². The van der Waals surface area contributed by atoms with Crippen LogP contribution in [0, 0.1) is 0 Å². The van der Waals surface area contributed by atoms with Gasteiger partial charge in [-0.05, 0) is 61.6 Å². The van der Waals surface area contributed by atoms with E-state index in [4.69, 9.17) is 0 Å². The quantitative estimate of drug-likeness (QED) is 0.638. The van der Waals surface area contributed by atoms with Gasteiger partial charge in [0.1, 0.15) is 0 Å². The third-order valence-electron chi connectivity index (χ3n) is 5.96. The van der Waals surface area contributed by atoms with Gasteiger partial charge in [-0.1, -0.05) is 36.9 Å². The lowest BCUT2D eigenvalue weighted by atomic mass is 10.0. The van der Waals surface area contributed by atoms with Gasteiger partial charge in [-0.25, -0.2) is 8.42 Å². The van der Waals surface area contributed by atoms with Crippen LogP contribution < -0.4 is 5.32 Å². The highest BCUT2D eigenvalue weighted by Crippen LogP contribution is 2.37. The first kappa shape index (κ1) is 21.7. The molecule has 2 aromatic carbocycles. The van der Waals surface area contributed by atoms with Crippen molar-refractivity contribution in [2.24, 2.45) is 0 Å². The monoisotopic (exact) mass is 439 g/mol. The topological polar surface area (TPSA) is 69.7 Å². The number of hydrogen-bond donors (Lipinski definition) is 1. The van der Waals surface area contributed by atoms with Gasteiger partial charge in [0, 0.05) is 37.4 Å². The normalized spacial score (nSPS) is 18.1. The number of likely N-dealkylation sites (tertiary alicyclic amines) is 1. The van der Waals surface area contributed by atoms with E-state index in [2.05, 4.69) is 41.1 Å². The summed E-state index contributed by atoms with van der Waals surface area (Å²) >= 11 is 0. The second-order valence-corrected chi connectivity index (χ2v) is 10.1. The fraction of sp³-hybridized carbons (Fsp3) is 0.375. The number of carbonyl (C=O) groups is 1. The number of rotatable bonds is 8. The number of amides is 1. The molecule has 1 amide bonds. The summed E-state index contributed by atoms with van der Waals surface area (Å²) in [5.41, 5.74) is 1.84. The molecule has 1 saturated carbocycles. The van der Waals surface area contributed by atoms with Crippen LogP contribution in [-0.2, 0) is 21.4 Å². The zero-order chi connectivity index (χ0) is 21.8. The molecule has 7 heteroatoms. The van der Waals surface area contributed by atoms with Crippen LogP contribution >= 0.6 is 0 Å². The molecule has 1 heterocycles. The van der Waals surface area contributed by atoms with E-state index in [0.717, 1.165) is 45.3 Å². The molecule has 0 atom stereocenters. The van der Waals surface area contributed by atoms with E-state index in [-0.39, 0.29) is 22.9 Å². The van der Waals surface area contributed by atoms with E-state index >= 15 is 0 Å². The molecule has 31 heavy (non-hydrogen) atoms. The van der Waals surface area contributed by atoms with E-state index in [1.807, 2.05) is 6.07 Å². The van der Waals surface area contributed by atoms with Crippen LogP contribution in [0.5, 0.6) is 0 Å². The van der Waals surface area contributed by atoms with Crippen molar-refractivity contribution in [2.75, 3.05) is 18.4 Å². The van der Waals surface area contributed by atoms with Crippen molar-refractivity contribution >= 4 is 21.6 Å². The van der Waals surface area contributed by atoms with E-state index in [0.29, 0.717) is 5.69 Å². The molecule has 0 radical (unpaired) electrons. The summed E-state index contributed by atoms with van der Waals surface area (Å²) in [6.07, 6.45) is 4.73. The Labute approximate surface area is 184 Å². The van der Waals surface area contributed by atoms with E-state index < -0.39 is 10.0 Å². The maximum atomic E-state index is 13.5. The first-order valence-corrected chi connectivity index (χ1v) is 12.2. The van der Waals surface area contributed by atoms with Crippen LogP contribution in [0.25, 0.3) is 0 Å². The molecule has 0 unspecified atom stereocenters. The van der Waals surface area contributed by atoms with Crippen LogP contribution in [0.3, 0.4) is 0 Å². The Morgan fingerprint density at radius 1 is 1.00 bits per heavy atom. The van der Waals surface area contributed by atoms with E-state index in [1.165, 1.54) is 11.6 Å². The second kappa shape index (κ2) is 9.34. The van der Waals surface area contributed by atoms with Crippen molar-refractivity contribution < 1.29 is 13.2 Å². The van der Waals surface area contributed by atoms with Gasteiger partial charge in [-0.2, -0.15) is 4.31 Å². The molecule has 6 nitrogen and oxygen atoms in total. The third-order valence-corrected chi connectivity index (χ3v) is 7.97. The first-order chi connectivity index (χ1) is 15.0. The van der Waals surface area contributed by atoms with Gasteiger partial charge in [-0.15, -0.1) is 0 Å². The minimum Gasteiger partial charge on any atom is -0.323 e. The van der Waals surface area contributed by atoms with Gasteiger partial charge < -0.3 is 5.32 Å². The Kier molecular flexibility index (Phi) is 6.55. The summed E-state index contributed by atoms with van der Waals surface area (Å²) in [5.74, 6) is -0.322. The maximum Gasteiger partial charge on any atom is 0.247 e. The number of benzene rings is 2. The molecule has 1 saturated heterocycles. The predicted octanol–water partition coefficient (Wildman–Crippen LogP) is 3.63. The number of nitrogens with one attached hydrogen (secondary N) is 1. The minimum absolute atomic E-state index is 0.0321. The van der Waals surface area contributed by atoms with Crippen LogP contribution in [-0.4, -0.2) is 48.7 Å². The highest BCUT2D eigenvalue weighted by molar-refractivity contribution is 7.89. The average molecular weight is 440 g/mol. The van der Waals surface area contributed by atoms with Gasteiger partial charge in [0.2, 0.25) is 15.9 Å². The van der Waals surface area contributed by atoms with Gasteiger partial charge in [0.25, 0.3) is 0 Å². The molecule has 2 aliphatic rings. The van der Waals surface area contributed by atoms with Crippen molar-refractivity contribution in [3.05, 3.63) is 72.8 Å². The lowest BCUT2D eigenvalue weighted by Gasteiger charge is -2.38. The predicted molar refractivity (Wildman–Crippen MR) is 122 cm³/mol. The Bertz CT molecular complexity index is 1010. The van der Waals surface area contributed by atoms with Crippen molar-refractivity contribution in [3.8, 4) is 0 Å². The molecule has 2 fully saturated rings. The molecule has 1 aliphatic carbocycles. The number of piperidine rings is 1. The fourth-order valence-electron chi connectivity index (χ4n) is 4.22. The summed E-state index contributed by atoms with van der Waals surface area (Å²) in [6, 6.07) is 16.9. The highest BCUT2D eigenvalue weighted by atomic mass is 32.2. The summed E-state index contributed by atoms with van der Waals surface area (Å²) in [7, 11) is -3.58. The standard InChI is InChI=1S/C24H29N3O3S/c1-2-24(28)25-20-8-12-23(13-9-20)31(29,30)27(21-10-11-21)22-14-16-26(17-15-22)18-19-6-4-3-5-7-19/h2-9,12-13,21-22H,1,10-11,14-18H2,(H,25,28). The number of anilines is 1. The van der Waals surface area contributed by atoms with Gasteiger partial charge >= 0.3 is 0 Å². The van der Waals surface area contributed by atoms with Crippen LogP contribution in [0.4, 0.5) is 5.69 Å². The largest absolute Gasteiger partial charge is 0.323 e. The SMILES string of the molecule is C=CC(=O)Nc1ccc(S(=O)(=O)N(C2CC2)C2CCN(Cc3ccccc3)CC2)cc1. The molecule has 0 aromatic heterocycles. The summed E-state index contributed by atoms with van der Waals surface area (Å²) in [5, 5.41) is 2.65. The molecular formula is C24H29N3O3S. The molecule has 0 bridgehead atoms. The molecule has 0 spiro atoms. The summed E-state index contributed by atoms with van der Waals surface area (Å²) in [6.45, 7) is 6.12. The summed E-state index contributed by atoms with van der Waals surface area (Å²) < 4.78 is 28.7. The number of carbonyl (C=O) groups excluding carboxylic acids is 1. The van der Waals surface area contributed by atoms with Crippen LogP contribution in [0.2, 0.25) is 0 Å². The summed E-state index contributed by atoms with van der Waals surface area (Å²) in [4.78, 5) is 14.1. The van der Waals surface area contributed by atoms with Gasteiger partial charge in [-0.3, -0.25) is 9.69 Å². The fourth-order valence-corrected chi connectivity index (χ4v) is 6.15. The highest BCUT2D eigenvalue weighted by Gasteiger charge is 2.43. The second-order valence-electron chi connectivity index (χ2n) is 8.28. The molecule has 2 aromatic rings. The Morgan fingerprint density at radius 3 is 2.19 bits per heavy atom. The zero-order valence-electron chi connectivity index (χ0n) is 17.6. The Balaban J connectivity index is 1.44. The zero-order valence-corrected chi connectivity index (χ0v) is 18.4. The number of sulfonamides is 1. The number of hydrogen-bond acceptors (Lipinski definition) is 4. The molecule has 1 N–H and O–H groups in total. The van der Waals surface area contributed by atoms with Gasteiger partial charge in [0.15, 0.2) is 0 Å². The first-order valence-electron chi connectivity index (χ1n) is 10.8. The average Bonchev–Trinajstić information content (AvgIpc) is 3.61. The van der Waals surface area contributed by atoms with Crippen LogP contribution in [0.15, 0.2) is 72.1 Å². The van der Waals surface area contributed by atoms with E-state index in [9.17, 15) is 13.2 Å². The van der Waals surface area contributed by atoms with Crippen molar-refractivity contribution in [3.63, 3.8) is 0 Å². The molecule has 4 rings (SSSR count). The Hall–Kier alpha value is -2.48. The molecule has 164 valence electrons. The van der Waals surface area contributed by atoms with Crippen molar-refractivity contribution in [2.45, 2.75) is 49.2 Å². The van der Waals surface area contributed by atoms with Crippen molar-refractivity contribution in [1.29, 1.82) is 0 Å². The smallest absolute Gasteiger partial charge is 0.247 e. The van der Waals surface area contributed by atoms with E-state index in [1.54, 1.807) is 28.6 Å². The lowest BCUT2D eigenvalue weighted by molar-refractivity contribution is -0.111. The third kappa shape index (κ3) is 5.23. The molecule has 1 aliphatic heterocycles.